The number of nitrogens with zero attached hydrogens (tertiary/aromatic N) is 1. The van der Waals surface area contributed by atoms with Gasteiger partial charge in [-0.15, -0.1) is 0 Å². The van der Waals surface area contributed by atoms with Crippen LogP contribution in [0.3, 0.4) is 0 Å². The lowest BCUT2D eigenvalue weighted by Crippen LogP contribution is -2.53. The molecule has 0 spiro atoms. The van der Waals surface area contributed by atoms with E-state index in [2.05, 4.69) is 17.2 Å². The zero-order valence-electron chi connectivity index (χ0n) is 28.2. The van der Waals surface area contributed by atoms with Crippen LogP contribution in [0, 0.1) is 22.7 Å². The van der Waals surface area contributed by atoms with Crippen molar-refractivity contribution < 1.29 is 42.9 Å². The highest BCUT2D eigenvalue weighted by molar-refractivity contribution is 7.91. The summed E-state index contributed by atoms with van der Waals surface area (Å²) in [5.74, 6) is 4.34. The molecule has 1 saturated carbocycles. The van der Waals surface area contributed by atoms with Gasteiger partial charge in [0.25, 0.3) is 0 Å². The molecule has 0 saturated heterocycles. The number of anilines is 1. The lowest BCUT2D eigenvalue weighted by atomic mass is 9.65. The molecule has 2 bridgehead atoms. The summed E-state index contributed by atoms with van der Waals surface area (Å²) in [6.45, 7) is 5.19. The summed E-state index contributed by atoms with van der Waals surface area (Å²) in [7, 11) is -3.65. The average molecular weight is 709 g/mol. The topological polar surface area (TPSA) is 171 Å². The predicted molar refractivity (Wildman–Crippen MR) is 185 cm³/mol. The van der Waals surface area contributed by atoms with E-state index in [1.165, 1.54) is 23.1 Å². The number of rotatable bonds is 5. The molecule has 12 heteroatoms. The zero-order valence-corrected chi connectivity index (χ0v) is 29.0. The monoisotopic (exact) mass is 708 g/mol. The van der Waals surface area contributed by atoms with Crippen LogP contribution < -0.4 is 5.32 Å². The zero-order chi connectivity index (χ0) is 36.2. The Morgan fingerprint density at radius 3 is 2.35 bits per heavy atom. The quantitative estimate of drug-likeness (QED) is 0.176. The van der Waals surface area contributed by atoms with Gasteiger partial charge in [0.2, 0.25) is 0 Å². The van der Waals surface area contributed by atoms with Gasteiger partial charge in [-0.1, -0.05) is 50.0 Å². The van der Waals surface area contributed by atoms with E-state index in [1.807, 2.05) is 19.9 Å². The number of nitrogens with one attached hydrogen (secondary N) is 1. The number of fused-ring (bicyclic) bond motifs is 5. The van der Waals surface area contributed by atoms with E-state index >= 15 is 0 Å². The van der Waals surface area contributed by atoms with Gasteiger partial charge in [0.1, 0.15) is 12.4 Å². The van der Waals surface area contributed by atoms with Crippen LogP contribution in [0.15, 0.2) is 65.6 Å². The highest BCUT2D eigenvalue weighted by atomic mass is 32.2. The lowest BCUT2D eigenvalue weighted by molar-refractivity contribution is -0.000205. The van der Waals surface area contributed by atoms with Gasteiger partial charge in [0, 0.05) is 40.5 Å². The van der Waals surface area contributed by atoms with Crippen LogP contribution in [0.5, 0.6) is 5.75 Å². The minimum absolute atomic E-state index is 0.0224. The van der Waals surface area contributed by atoms with E-state index in [-0.39, 0.29) is 46.8 Å². The first kappa shape index (κ1) is 33.2. The van der Waals surface area contributed by atoms with E-state index < -0.39 is 73.5 Å². The van der Waals surface area contributed by atoms with E-state index in [4.69, 9.17) is 4.74 Å². The van der Waals surface area contributed by atoms with Gasteiger partial charge in [-0.3, -0.25) is 14.5 Å². The van der Waals surface area contributed by atoms with Crippen LogP contribution in [-0.4, -0.2) is 76.9 Å². The van der Waals surface area contributed by atoms with Crippen molar-refractivity contribution in [2.24, 2.45) is 10.8 Å². The van der Waals surface area contributed by atoms with Crippen molar-refractivity contribution in [2.75, 3.05) is 17.7 Å². The Hall–Kier alpha value is -4.96. The summed E-state index contributed by atoms with van der Waals surface area (Å²) in [6, 6.07) is 11.8. The molecule has 3 aromatic rings. The average Bonchev–Trinajstić information content (AvgIpc) is 3.66. The first-order valence-corrected chi connectivity index (χ1v) is 18.5. The third-order valence-electron chi connectivity index (χ3n) is 11.6. The number of aliphatic hydroxyl groups is 2. The molecule has 4 N–H and O–H groups in total. The SMILES string of the molecule is C[C@@H](O)[C@@]12C[C@]13c1cc(O)c4c(c1N[C@H]2C#C/C=C\C(C)(C)[C@H]3O)C(=O)c1cc2c(cc1C4=O)CN(C(=O)OCCS(=O)(=O)c1ccccc1)C2. The predicted octanol–water partition coefficient (Wildman–Crippen LogP) is 3.86. The Labute approximate surface area is 294 Å². The van der Waals surface area contributed by atoms with E-state index in [0.29, 0.717) is 28.8 Å². The molecule has 2 aliphatic heterocycles. The number of aromatic hydroxyl groups is 1. The van der Waals surface area contributed by atoms with Crippen molar-refractivity contribution >= 4 is 33.2 Å². The van der Waals surface area contributed by atoms with Gasteiger partial charge in [-0.25, -0.2) is 13.2 Å². The summed E-state index contributed by atoms with van der Waals surface area (Å²) in [5.41, 5.74) is -0.821. The van der Waals surface area contributed by atoms with Gasteiger partial charge in [0.15, 0.2) is 21.4 Å². The number of ketones is 2. The fraction of sp³-hybridized carbons (Fsp3) is 0.359. The Morgan fingerprint density at radius 2 is 1.71 bits per heavy atom. The lowest BCUT2D eigenvalue weighted by Gasteiger charge is -2.45. The van der Waals surface area contributed by atoms with Gasteiger partial charge >= 0.3 is 6.09 Å². The second kappa shape index (κ2) is 11.0. The van der Waals surface area contributed by atoms with Crippen molar-refractivity contribution in [3.8, 4) is 17.6 Å². The van der Waals surface area contributed by atoms with E-state index in [9.17, 15) is 38.1 Å². The Kier molecular flexibility index (Phi) is 7.17. The Bertz CT molecular complexity index is 2290. The molecule has 51 heavy (non-hydrogen) atoms. The minimum Gasteiger partial charge on any atom is -0.507 e. The first-order valence-electron chi connectivity index (χ1n) is 16.8. The third-order valence-corrected chi connectivity index (χ3v) is 13.2. The summed E-state index contributed by atoms with van der Waals surface area (Å²) < 4.78 is 30.6. The fourth-order valence-corrected chi connectivity index (χ4v) is 9.97. The van der Waals surface area contributed by atoms with Crippen molar-refractivity contribution in [2.45, 2.75) is 68.8 Å². The van der Waals surface area contributed by atoms with Gasteiger partial charge in [-0.2, -0.15) is 0 Å². The molecule has 262 valence electrons. The molecule has 11 nitrogen and oxygen atoms in total. The maximum atomic E-state index is 14.5. The molecule has 5 aliphatic rings. The highest BCUT2D eigenvalue weighted by Gasteiger charge is 2.80. The number of carbonyl (C=O) groups is 3. The normalized spacial score (nSPS) is 27.4. The summed E-state index contributed by atoms with van der Waals surface area (Å²) in [6.07, 6.45) is 1.13. The van der Waals surface area contributed by atoms with Crippen LogP contribution in [-0.2, 0) is 33.1 Å². The van der Waals surface area contributed by atoms with Crippen LogP contribution >= 0.6 is 0 Å². The number of amides is 1. The number of aliphatic hydroxyl groups excluding tert-OH is 2. The molecule has 5 atom stereocenters. The Morgan fingerprint density at radius 1 is 1.06 bits per heavy atom. The number of carbonyl (C=O) groups excluding carboxylic acids is 3. The Balaban J connectivity index is 1.12. The minimum atomic E-state index is -3.65. The van der Waals surface area contributed by atoms with Crippen molar-refractivity contribution in [1.82, 2.24) is 4.90 Å². The third kappa shape index (κ3) is 4.58. The van der Waals surface area contributed by atoms with Gasteiger partial charge in [0.05, 0.1) is 45.7 Å². The van der Waals surface area contributed by atoms with Gasteiger partial charge in [-0.05, 0) is 66.4 Å². The van der Waals surface area contributed by atoms with E-state index in [0.717, 1.165) is 0 Å². The maximum absolute atomic E-state index is 14.5. The van der Waals surface area contributed by atoms with Crippen LogP contribution in [0.2, 0.25) is 0 Å². The number of hydrogen-bond donors (Lipinski definition) is 4. The second-order valence-electron chi connectivity index (χ2n) is 14.8. The molecule has 1 fully saturated rings. The molecular weight excluding hydrogens is 673 g/mol. The number of sulfone groups is 1. The molecule has 3 aliphatic carbocycles. The molecule has 0 aromatic heterocycles. The van der Waals surface area contributed by atoms with Gasteiger partial charge < -0.3 is 25.4 Å². The van der Waals surface area contributed by atoms with Crippen molar-refractivity contribution in [3.63, 3.8) is 0 Å². The molecule has 0 unspecified atom stereocenters. The number of phenols is 1. The summed E-state index contributed by atoms with van der Waals surface area (Å²) in [5, 5.41) is 38.2. The first-order chi connectivity index (χ1) is 24.1. The number of ether oxygens (including phenoxy) is 1. The molecule has 3 aromatic carbocycles. The summed E-state index contributed by atoms with van der Waals surface area (Å²) in [4.78, 5) is 43.2. The van der Waals surface area contributed by atoms with Crippen LogP contribution in [0.4, 0.5) is 10.5 Å². The van der Waals surface area contributed by atoms with E-state index in [1.54, 1.807) is 43.3 Å². The molecular formula is C39H36N2O9S. The number of benzene rings is 3. The summed E-state index contributed by atoms with van der Waals surface area (Å²) >= 11 is 0. The molecule has 2 heterocycles. The highest BCUT2D eigenvalue weighted by Crippen LogP contribution is 2.76. The molecule has 8 rings (SSSR count). The fourth-order valence-electron chi connectivity index (χ4n) is 8.86. The standard InChI is InChI=1S/C39H36N2O9S/c1-21(42)38-20-39(38)27-17-28(43)30-31(32(27)40-29(38)11-7-8-12-37(2,3)35(39)46)34(45)26-16-23-19-41(18-22(23)15-25(26)33(30)44)36(47)50-13-14-51(48,49)24-9-5-4-6-10-24/h4-6,8-10,12,15-17,21,29,35,40,42-43,46H,13-14,18-20H2,1-3H3/b12-8-/t21-,29+,35-,38-,39-/m1/s1. The number of phenolic OH excluding ortho intramolecular Hbond substituents is 1. The van der Waals surface area contributed by atoms with Crippen molar-refractivity contribution in [1.29, 1.82) is 0 Å². The largest absolute Gasteiger partial charge is 0.507 e. The number of allylic oxidation sites excluding steroid dienone is 1. The van der Waals surface area contributed by atoms with Crippen LogP contribution in [0.1, 0.15) is 75.7 Å². The smallest absolute Gasteiger partial charge is 0.410 e. The second-order valence-corrected chi connectivity index (χ2v) is 16.9. The molecule has 1 amide bonds. The van der Waals surface area contributed by atoms with Crippen LogP contribution in [0.25, 0.3) is 0 Å². The maximum Gasteiger partial charge on any atom is 0.410 e. The molecule has 0 radical (unpaired) electrons. The number of hydrogen-bond acceptors (Lipinski definition) is 10. The van der Waals surface area contributed by atoms with Crippen molar-refractivity contribution in [3.05, 3.63) is 99.6 Å².